The maximum atomic E-state index is 14.0. The van der Waals surface area contributed by atoms with Crippen LogP contribution in [0, 0.1) is 6.92 Å². The van der Waals surface area contributed by atoms with E-state index in [0.717, 1.165) is 19.4 Å². The summed E-state index contributed by atoms with van der Waals surface area (Å²) in [5.41, 5.74) is 1.46. The number of quaternary nitrogens is 1. The molecule has 212 valence electrons. The molecule has 1 atom stereocenters. The van der Waals surface area contributed by atoms with Gasteiger partial charge >= 0.3 is 0 Å². The average Bonchev–Trinajstić information content (AvgIpc) is 3.17. The van der Waals surface area contributed by atoms with E-state index in [2.05, 4.69) is 6.92 Å². The quantitative estimate of drug-likeness (QED) is 0.179. The molecule has 2 aromatic rings. The maximum Gasteiger partial charge on any atom is 0.295 e. The topological polar surface area (TPSA) is 102 Å². The third kappa shape index (κ3) is 6.47. The zero-order valence-electron chi connectivity index (χ0n) is 24.0. The molecule has 9 nitrogen and oxygen atoms in total. The number of ketones is 1. The number of carbonyl (C=O) groups excluding carboxylic acids is 2. The zero-order chi connectivity index (χ0) is 28.7. The fraction of sp³-hybridized carbons (Fsp3) is 0.467. The van der Waals surface area contributed by atoms with Gasteiger partial charge in [0.05, 0.1) is 54.6 Å². The van der Waals surface area contributed by atoms with Crippen LogP contribution in [-0.4, -0.2) is 71.7 Å². The maximum absolute atomic E-state index is 14.0. The van der Waals surface area contributed by atoms with Crippen LogP contribution in [-0.2, 0) is 9.59 Å². The molecule has 1 saturated heterocycles. The highest BCUT2D eigenvalue weighted by Crippen LogP contribution is 2.45. The molecule has 1 fully saturated rings. The molecule has 1 N–H and O–H groups in total. The Morgan fingerprint density at radius 3 is 2.21 bits per heavy atom. The molecular formula is C30H40N2O7. The number of likely N-dealkylation sites (tertiary alicyclic amines) is 1. The van der Waals surface area contributed by atoms with Gasteiger partial charge in [0.15, 0.2) is 11.5 Å². The van der Waals surface area contributed by atoms with Gasteiger partial charge in [-0.15, -0.1) is 0 Å². The molecule has 9 heteroatoms. The van der Waals surface area contributed by atoms with Gasteiger partial charge in [0.25, 0.3) is 5.91 Å². The van der Waals surface area contributed by atoms with E-state index >= 15 is 0 Å². The first-order valence-electron chi connectivity index (χ1n) is 13.3. The molecule has 1 aliphatic heterocycles. The molecule has 1 heterocycles. The summed E-state index contributed by atoms with van der Waals surface area (Å²) in [6, 6.07) is 7.65. The number of hydrogen-bond acceptors (Lipinski definition) is 7. The summed E-state index contributed by atoms with van der Waals surface area (Å²) >= 11 is 0. The summed E-state index contributed by atoms with van der Waals surface area (Å²) in [7, 11) is 8.53. The van der Waals surface area contributed by atoms with E-state index in [1.54, 1.807) is 37.3 Å². The number of rotatable bonds is 13. The molecule has 0 saturated carbocycles. The first-order valence-corrected chi connectivity index (χ1v) is 13.3. The minimum absolute atomic E-state index is 0.0887. The van der Waals surface area contributed by atoms with Gasteiger partial charge in [-0.05, 0) is 54.3 Å². The molecule has 1 unspecified atom stereocenters. The predicted octanol–water partition coefficient (Wildman–Crippen LogP) is 1.96. The van der Waals surface area contributed by atoms with Crippen LogP contribution in [0.2, 0.25) is 0 Å². The smallest absolute Gasteiger partial charge is 0.295 e. The van der Waals surface area contributed by atoms with E-state index < -0.39 is 23.5 Å². The van der Waals surface area contributed by atoms with Gasteiger partial charge < -0.3 is 33.9 Å². The molecule has 1 amide bonds. The number of Topliss-reactive ketones (excluding diaryl/α,β-unsaturated/α-hetero) is 1. The Balaban J connectivity index is 2.16. The molecular weight excluding hydrogens is 500 g/mol. The minimum Gasteiger partial charge on any atom is -0.872 e. The van der Waals surface area contributed by atoms with Crippen LogP contribution in [0.5, 0.6) is 23.0 Å². The summed E-state index contributed by atoms with van der Waals surface area (Å²) in [5, 5.41) is 14.0. The largest absolute Gasteiger partial charge is 0.872 e. The van der Waals surface area contributed by atoms with Crippen molar-refractivity contribution < 1.29 is 38.5 Å². The van der Waals surface area contributed by atoms with Gasteiger partial charge in [-0.3, -0.25) is 9.59 Å². The molecule has 0 bridgehead atoms. The first-order chi connectivity index (χ1) is 18.7. The van der Waals surface area contributed by atoms with Crippen LogP contribution in [0.3, 0.4) is 0 Å². The lowest BCUT2D eigenvalue weighted by Crippen LogP contribution is -3.05. The molecule has 0 aliphatic carbocycles. The standard InChI is InChI=1S/C30H40N2O7/c1-8-9-15-39-21-11-12-22(19(2)16-21)27(33)25-26(32(30(35)28(25)34)14-10-13-31(3)4)20-17-23(36-5)29(38-7)24(18-20)37-6/h11-12,16-18,26,33H,8-10,13-15H2,1-7H3. The average molecular weight is 541 g/mol. The van der Waals surface area contributed by atoms with E-state index in [0.29, 0.717) is 59.3 Å². The van der Waals surface area contributed by atoms with Crippen LogP contribution >= 0.6 is 0 Å². The number of methoxy groups -OCH3 is 3. The second kappa shape index (κ2) is 13.4. The molecule has 0 radical (unpaired) electrons. The van der Waals surface area contributed by atoms with Crippen molar-refractivity contribution in [3.8, 4) is 23.0 Å². The Kier molecular flexibility index (Phi) is 10.2. The monoisotopic (exact) mass is 540 g/mol. The Labute approximate surface area is 230 Å². The van der Waals surface area contributed by atoms with Crippen molar-refractivity contribution in [3.05, 3.63) is 52.6 Å². The Hall–Kier alpha value is -3.72. The number of ether oxygens (including phenoxy) is 4. The van der Waals surface area contributed by atoms with Crippen molar-refractivity contribution in [2.24, 2.45) is 0 Å². The van der Waals surface area contributed by atoms with Crippen molar-refractivity contribution >= 4 is 17.4 Å². The minimum atomic E-state index is -0.900. The van der Waals surface area contributed by atoms with Crippen molar-refractivity contribution in [3.63, 3.8) is 0 Å². The SMILES string of the molecule is CCCCOc1ccc(C([O-])=C2C(=O)C(=O)N(CCC[NH+](C)C)C2c2cc(OC)c(OC)c(OC)c2)c(C)c1. The van der Waals surface area contributed by atoms with Crippen molar-refractivity contribution in [1.82, 2.24) is 4.90 Å². The fourth-order valence-corrected chi connectivity index (χ4v) is 4.77. The lowest BCUT2D eigenvalue weighted by atomic mass is 9.93. The second-order valence-electron chi connectivity index (χ2n) is 9.92. The second-order valence-corrected chi connectivity index (χ2v) is 9.92. The van der Waals surface area contributed by atoms with Crippen LogP contribution in [0.4, 0.5) is 0 Å². The normalized spacial score (nSPS) is 16.6. The van der Waals surface area contributed by atoms with E-state index in [4.69, 9.17) is 18.9 Å². The Bertz CT molecular complexity index is 1200. The highest BCUT2D eigenvalue weighted by atomic mass is 16.5. The summed E-state index contributed by atoms with van der Waals surface area (Å²) in [6.07, 6.45) is 2.60. The lowest BCUT2D eigenvalue weighted by Gasteiger charge is -2.29. The molecule has 2 aromatic carbocycles. The van der Waals surface area contributed by atoms with Gasteiger partial charge in [0.2, 0.25) is 11.5 Å². The zero-order valence-corrected chi connectivity index (χ0v) is 24.0. The highest BCUT2D eigenvalue weighted by Gasteiger charge is 2.44. The van der Waals surface area contributed by atoms with Gasteiger partial charge in [-0.2, -0.15) is 0 Å². The molecule has 0 aromatic heterocycles. The number of carbonyl (C=O) groups is 2. The van der Waals surface area contributed by atoms with Gasteiger partial charge in [0.1, 0.15) is 5.75 Å². The van der Waals surface area contributed by atoms with Gasteiger partial charge in [0, 0.05) is 18.5 Å². The van der Waals surface area contributed by atoms with Crippen LogP contribution < -0.4 is 29.0 Å². The summed E-state index contributed by atoms with van der Waals surface area (Å²) in [4.78, 5) is 29.4. The number of nitrogens with one attached hydrogen (secondary N) is 1. The number of amides is 1. The summed E-state index contributed by atoms with van der Waals surface area (Å²) in [5.74, 6) is -0.192. The van der Waals surface area contributed by atoms with E-state index in [1.165, 1.54) is 31.1 Å². The van der Waals surface area contributed by atoms with Crippen molar-refractivity contribution in [2.45, 2.75) is 39.2 Å². The number of unbranched alkanes of at least 4 members (excludes halogenated alkanes) is 1. The summed E-state index contributed by atoms with van der Waals surface area (Å²) < 4.78 is 22.3. The Morgan fingerprint density at radius 1 is 1.00 bits per heavy atom. The van der Waals surface area contributed by atoms with Crippen molar-refractivity contribution in [2.75, 3.05) is 55.1 Å². The van der Waals surface area contributed by atoms with E-state index in [9.17, 15) is 14.7 Å². The van der Waals surface area contributed by atoms with Crippen LogP contribution in [0.1, 0.15) is 48.9 Å². The summed E-state index contributed by atoms with van der Waals surface area (Å²) in [6.45, 7) is 5.58. The third-order valence-corrected chi connectivity index (χ3v) is 6.82. The van der Waals surface area contributed by atoms with Gasteiger partial charge in [-0.1, -0.05) is 25.2 Å². The van der Waals surface area contributed by atoms with Crippen molar-refractivity contribution in [1.29, 1.82) is 0 Å². The molecule has 3 rings (SSSR count). The number of nitrogens with zero attached hydrogens (tertiary/aromatic N) is 1. The Morgan fingerprint density at radius 2 is 1.67 bits per heavy atom. The highest BCUT2D eigenvalue weighted by molar-refractivity contribution is 6.46. The van der Waals surface area contributed by atoms with Crippen LogP contribution in [0.15, 0.2) is 35.9 Å². The van der Waals surface area contributed by atoms with E-state index in [-0.39, 0.29) is 5.57 Å². The number of hydrogen-bond donors (Lipinski definition) is 1. The number of benzene rings is 2. The lowest BCUT2D eigenvalue weighted by molar-refractivity contribution is -0.858. The fourth-order valence-electron chi connectivity index (χ4n) is 4.77. The van der Waals surface area contributed by atoms with Gasteiger partial charge in [-0.25, -0.2) is 0 Å². The third-order valence-electron chi connectivity index (χ3n) is 6.82. The van der Waals surface area contributed by atoms with Crippen LogP contribution in [0.25, 0.3) is 5.76 Å². The first kappa shape index (κ1) is 29.8. The van der Waals surface area contributed by atoms with E-state index in [1.807, 2.05) is 14.1 Å². The molecule has 1 aliphatic rings. The number of aryl methyl sites for hydroxylation is 1. The molecule has 0 spiro atoms. The molecule has 39 heavy (non-hydrogen) atoms. The predicted molar refractivity (Wildman–Crippen MR) is 146 cm³/mol.